The van der Waals surface area contributed by atoms with Crippen molar-refractivity contribution in [3.05, 3.63) is 16.3 Å². The van der Waals surface area contributed by atoms with Crippen LogP contribution in [-0.4, -0.2) is 29.4 Å². The van der Waals surface area contributed by atoms with Crippen LogP contribution in [0.25, 0.3) is 0 Å². The predicted molar refractivity (Wildman–Crippen MR) is 78.6 cm³/mol. The van der Waals surface area contributed by atoms with Gasteiger partial charge >= 0.3 is 0 Å². The molecule has 0 saturated heterocycles. The average molecular weight is 323 g/mol. The van der Waals surface area contributed by atoms with Crippen molar-refractivity contribution in [3.8, 4) is 0 Å². The van der Waals surface area contributed by atoms with E-state index in [4.69, 9.17) is 0 Å². The van der Waals surface area contributed by atoms with Gasteiger partial charge in [-0.05, 0) is 23.3 Å². The van der Waals surface area contributed by atoms with Crippen LogP contribution in [0.15, 0.2) is 16.3 Å². The van der Waals surface area contributed by atoms with E-state index in [1.54, 1.807) is 5.38 Å². The molecule has 0 bridgehead atoms. The van der Waals surface area contributed by atoms with E-state index in [2.05, 4.69) is 5.32 Å². The number of carbonyl (C=O) groups excluding carboxylic acids is 1. The van der Waals surface area contributed by atoms with Crippen molar-refractivity contribution in [3.63, 3.8) is 0 Å². The van der Waals surface area contributed by atoms with E-state index in [0.29, 0.717) is 18.2 Å². The fraction of sp³-hybridized carbons (Fsp3) is 0.615. The third kappa shape index (κ3) is 5.76. The summed E-state index contributed by atoms with van der Waals surface area (Å²) in [4.78, 5) is 12.6. The predicted octanol–water partition coefficient (Wildman–Crippen LogP) is 3.59. The maximum atomic E-state index is 12.4. The van der Waals surface area contributed by atoms with Crippen molar-refractivity contribution >= 4 is 29.0 Å². The molecule has 3 nitrogen and oxygen atoms in total. The number of aliphatic hydroxyl groups excluding tert-OH is 1. The van der Waals surface area contributed by atoms with Gasteiger partial charge in [0, 0.05) is 4.90 Å². The lowest BCUT2D eigenvalue weighted by Gasteiger charge is -2.25. The number of amides is 1. The minimum atomic E-state index is -2.56. The highest BCUT2D eigenvalue weighted by atomic mass is 32.2. The zero-order valence-corrected chi connectivity index (χ0v) is 13.3. The Morgan fingerprint density at radius 2 is 2.15 bits per heavy atom. The molecule has 1 aromatic heterocycles. The monoisotopic (exact) mass is 323 g/mol. The summed E-state index contributed by atoms with van der Waals surface area (Å²) >= 11 is 1.48. The first-order valence-corrected chi connectivity index (χ1v) is 7.93. The fourth-order valence-corrected chi connectivity index (χ4v) is 3.41. The minimum absolute atomic E-state index is 0.0450. The Bertz CT molecular complexity index is 444. The molecule has 0 aliphatic carbocycles. The molecule has 2 N–H and O–H groups in total. The van der Waals surface area contributed by atoms with Crippen LogP contribution in [0, 0.1) is 5.41 Å². The highest BCUT2D eigenvalue weighted by Crippen LogP contribution is 2.32. The summed E-state index contributed by atoms with van der Waals surface area (Å²) in [6, 6.07) is 1.13. The van der Waals surface area contributed by atoms with Gasteiger partial charge in [-0.2, -0.15) is 8.78 Å². The zero-order valence-electron chi connectivity index (χ0n) is 11.7. The van der Waals surface area contributed by atoms with Gasteiger partial charge in [-0.25, -0.2) is 0 Å². The Labute approximate surface area is 125 Å². The Kier molecular flexibility index (Phi) is 6.42. The summed E-state index contributed by atoms with van der Waals surface area (Å²) < 4.78 is 24.8. The van der Waals surface area contributed by atoms with E-state index in [0.717, 1.165) is 11.3 Å². The molecule has 1 rings (SSSR count). The maximum absolute atomic E-state index is 12.4. The third-order valence-corrected chi connectivity index (χ3v) is 4.28. The fourth-order valence-electron chi connectivity index (χ4n) is 1.80. The van der Waals surface area contributed by atoms with Crippen LogP contribution in [0.2, 0.25) is 0 Å². The zero-order chi connectivity index (χ0) is 15.3. The second-order valence-electron chi connectivity index (χ2n) is 5.61. The summed E-state index contributed by atoms with van der Waals surface area (Å²) in [6.45, 7) is 5.84. The molecule has 1 aromatic rings. The molecular weight excluding hydrogens is 304 g/mol. The second kappa shape index (κ2) is 7.38. The number of rotatable bonds is 6. The lowest BCUT2D eigenvalue weighted by Crippen LogP contribution is -2.39. The number of hydrogen-bond donors (Lipinski definition) is 2. The van der Waals surface area contributed by atoms with Gasteiger partial charge in [0.15, 0.2) is 0 Å². The number of halogens is 2. The second-order valence-corrected chi connectivity index (χ2v) is 7.56. The molecule has 114 valence electrons. The van der Waals surface area contributed by atoms with Gasteiger partial charge in [-0.1, -0.05) is 32.5 Å². The topological polar surface area (TPSA) is 49.3 Å². The molecule has 0 aromatic carbocycles. The van der Waals surface area contributed by atoms with Gasteiger partial charge in [-0.15, -0.1) is 11.3 Å². The molecule has 1 heterocycles. The van der Waals surface area contributed by atoms with Crippen molar-refractivity contribution in [2.45, 2.75) is 43.9 Å². The summed E-state index contributed by atoms with van der Waals surface area (Å²) in [5, 5.41) is 13.6. The highest BCUT2D eigenvalue weighted by molar-refractivity contribution is 7.99. The van der Waals surface area contributed by atoms with Gasteiger partial charge in [0.25, 0.3) is 11.7 Å². The maximum Gasteiger partial charge on any atom is 0.288 e. The molecule has 0 aliphatic rings. The lowest BCUT2D eigenvalue weighted by atomic mass is 9.88. The van der Waals surface area contributed by atoms with Crippen LogP contribution in [0.1, 0.15) is 36.9 Å². The van der Waals surface area contributed by atoms with Gasteiger partial charge in [-0.3, -0.25) is 4.79 Å². The Morgan fingerprint density at radius 3 is 2.65 bits per heavy atom. The van der Waals surface area contributed by atoms with Crippen molar-refractivity contribution in [2.75, 3.05) is 6.61 Å². The standard InChI is InChI=1S/C13H19F2NO2S2/c1-13(2,3)6-8(7-17)16-11(18)10-9(4-5-19-10)20-12(14)15/h4-5,8,12,17H,6-7H2,1-3H3,(H,16,18). The highest BCUT2D eigenvalue weighted by Gasteiger charge is 2.23. The van der Waals surface area contributed by atoms with Crippen LogP contribution in [0.3, 0.4) is 0 Å². The molecule has 7 heteroatoms. The van der Waals surface area contributed by atoms with E-state index in [-0.39, 0.29) is 27.8 Å². The molecule has 1 atom stereocenters. The molecule has 0 spiro atoms. The van der Waals surface area contributed by atoms with Crippen molar-refractivity contribution in [2.24, 2.45) is 5.41 Å². The SMILES string of the molecule is CC(C)(C)CC(CO)NC(=O)c1sccc1SC(F)F. The smallest absolute Gasteiger partial charge is 0.288 e. The van der Waals surface area contributed by atoms with Crippen LogP contribution >= 0.6 is 23.1 Å². The average Bonchev–Trinajstić information content (AvgIpc) is 2.73. The minimum Gasteiger partial charge on any atom is -0.394 e. The first-order valence-electron chi connectivity index (χ1n) is 6.17. The van der Waals surface area contributed by atoms with Gasteiger partial charge in [0.1, 0.15) is 4.88 Å². The van der Waals surface area contributed by atoms with E-state index < -0.39 is 11.7 Å². The van der Waals surface area contributed by atoms with Crippen molar-refractivity contribution in [1.29, 1.82) is 0 Å². The first-order chi connectivity index (χ1) is 9.23. The first kappa shape index (κ1) is 17.4. The molecule has 1 amide bonds. The molecule has 0 aliphatic heterocycles. The number of aliphatic hydroxyl groups is 1. The Balaban J connectivity index is 2.72. The number of hydrogen-bond acceptors (Lipinski definition) is 4. The summed E-state index contributed by atoms with van der Waals surface area (Å²) in [7, 11) is 0. The van der Waals surface area contributed by atoms with Crippen LogP contribution in [0.5, 0.6) is 0 Å². The van der Waals surface area contributed by atoms with E-state index in [1.165, 1.54) is 6.07 Å². The Hall–Kier alpha value is -0.660. The summed E-state index contributed by atoms with van der Waals surface area (Å²) in [6.07, 6.45) is 0.609. The van der Waals surface area contributed by atoms with Crippen molar-refractivity contribution in [1.82, 2.24) is 5.32 Å². The Morgan fingerprint density at radius 1 is 1.50 bits per heavy atom. The van der Waals surface area contributed by atoms with E-state index in [1.807, 2.05) is 20.8 Å². The number of alkyl halides is 2. The quantitative estimate of drug-likeness (QED) is 0.787. The molecule has 0 saturated carbocycles. The van der Waals surface area contributed by atoms with Crippen LogP contribution in [0.4, 0.5) is 8.78 Å². The van der Waals surface area contributed by atoms with Gasteiger partial charge in [0.05, 0.1) is 12.6 Å². The molecule has 20 heavy (non-hydrogen) atoms. The molecule has 0 fully saturated rings. The molecule has 1 unspecified atom stereocenters. The number of thioether (sulfide) groups is 1. The van der Waals surface area contributed by atoms with Crippen molar-refractivity contribution < 1.29 is 18.7 Å². The number of carbonyl (C=O) groups is 1. The van der Waals surface area contributed by atoms with E-state index >= 15 is 0 Å². The van der Waals surface area contributed by atoms with Crippen LogP contribution in [-0.2, 0) is 0 Å². The number of thiophene rings is 1. The third-order valence-electron chi connectivity index (χ3n) is 2.47. The van der Waals surface area contributed by atoms with E-state index in [9.17, 15) is 18.7 Å². The molecule has 0 radical (unpaired) electrons. The normalized spacial score (nSPS) is 13.6. The lowest BCUT2D eigenvalue weighted by molar-refractivity contribution is 0.0899. The van der Waals surface area contributed by atoms with Gasteiger partial charge in [0.2, 0.25) is 0 Å². The number of nitrogens with one attached hydrogen (secondary N) is 1. The summed E-state index contributed by atoms with van der Waals surface area (Å²) in [5.41, 5.74) is -0.0450. The van der Waals surface area contributed by atoms with Gasteiger partial charge < -0.3 is 10.4 Å². The largest absolute Gasteiger partial charge is 0.394 e. The van der Waals surface area contributed by atoms with Crippen LogP contribution < -0.4 is 5.32 Å². The molecular formula is C13H19F2NO2S2. The summed E-state index contributed by atoms with van der Waals surface area (Å²) in [5.74, 6) is -2.97.